The second kappa shape index (κ2) is 42.7. The number of rotatable bonds is 39. The van der Waals surface area contributed by atoms with Crippen LogP contribution in [-0.4, -0.2) is 51.0 Å². The molecule has 0 aromatic rings. The Labute approximate surface area is 309 Å². The van der Waals surface area contributed by atoms with Gasteiger partial charge < -0.3 is 14.8 Å². The highest BCUT2D eigenvalue weighted by Crippen LogP contribution is 2.23. The minimum atomic E-state index is 0.211. The molecule has 0 aromatic carbocycles. The summed E-state index contributed by atoms with van der Waals surface area (Å²) in [7, 11) is 5.90. The largest absolute Gasteiger partial charge is 0.379 e. The van der Waals surface area contributed by atoms with Crippen molar-refractivity contribution in [3.63, 3.8) is 0 Å². The first kappa shape index (κ1) is 47.5. The van der Waals surface area contributed by atoms with E-state index in [0.29, 0.717) is 0 Å². The van der Waals surface area contributed by atoms with E-state index < -0.39 is 0 Å². The second-order valence-electron chi connectivity index (χ2n) is 13.5. The topological polar surface area (TPSA) is 30.5 Å². The Bertz CT molecular complexity index is 724. The molecule has 2 unspecified atom stereocenters. The Morgan fingerprint density at radius 1 is 0.583 bits per heavy atom. The van der Waals surface area contributed by atoms with Crippen molar-refractivity contribution in [1.82, 2.24) is 5.32 Å². The molecule has 282 valence electrons. The van der Waals surface area contributed by atoms with Gasteiger partial charge in [0.15, 0.2) is 0 Å². The molecule has 0 aromatic heterocycles. The molecule has 0 spiro atoms. The van der Waals surface area contributed by atoms with E-state index >= 15 is 0 Å². The van der Waals surface area contributed by atoms with Gasteiger partial charge in [-0.05, 0) is 90.0 Å². The molecule has 0 aliphatic heterocycles. The molecule has 3 nitrogen and oxygen atoms in total. The smallest absolute Gasteiger partial charge is 0.0906 e. The van der Waals surface area contributed by atoms with Crippen LogP contribution in [0.4, 0.5) is 0 Å². The van der Waals surface area contributed by atoms with Gasteiger partial charge in [0.2, 0.25) is 0 Å². The van der Waals surface area contributed by atoms with Crippen molar-refractivity contribution >= 4 is 21.6 Å². The lowest BCUT2D eigenvalue weighted by atomic mass is 10.0. The summed E-state index contributed by atoms with van der Waals surface area (Å²) in [6.07, 6.45) is 48.4. The SMILES string of the molecule is CCCCC/C=C\C/C=C\CCCCCCCCOC(COCCCCCCCC/C=C\C/C=C\CCC(C)CC)CSSCCNC. The van der Waals surface area contributed by atoms with Crippen LogP contribution >= 0.6 is 21.6 Å². The van der Waals surface area contributed by atoms with Crippen LogP contribution in [0.25, 0.3) is 0 Å². The highest BCUT2D eigenvalue weighted by Gasteiger charge is 2.10. The first-order chi connectivity index (χ1) is 23.7. The molecule has 0 rings (SSSR count). The van der Waals surface area contributed by atoms with Gasteiger partial charge in [0.25, 0.3) is 0 Å². The van der Waals surface area contributed by atoms with E-state index in [2.05, 4.69) is 74.7 Å². The zero-order valence-electron chi connectivity index (χ0n) is 32.4. The number of hydrogen-bond acceptors (Lipinski definition) is 5. The van der Waals surface area contributed by atoms with E-state index in [1.54, 1.807) is 0 Å². The number of ether oxygens (including phenoxy) is 2. The highest BCUT2D eigenvalue weighted by molar-refractivity contribution is 8.76. The van der Waals surface area contributed by atoms with E-state index in [1.165, 1.54) is 135 Å². The zero-order valence-corrected chi connectivity index (χ0v) is 34.0. The summed E-state index contributed by atoms with van der Waals surface area (Å²) in [6, 6.07) is 0. The van der Waals surface area contributed by atoms with Crippen LogP contribution < -0.4 is 5.32 Å². The van der Waals surface area contributed by atoms with Crippen LogP contribution in [0.3, 0.4) is 0 Å². The van der Waals surface area contributed by atoms with E-state index in [-0.39, 0.29) is 6.10 Å². The van der Waals surface area contributed by atoms with Crippen LogP contribution in [0, 0.1) is 5.92 Å². The summed E-state index contributed by atoms with van der Waals surface area (Å²) >= 11 is 0. The normalized spacial score (nSPS) is 13.7. The summed E-state index contributed by atoms with van der Waals surface area (Å²) in [5, 5.41) is 3.23. The maximum absolute atomic E-state index is 6.31. The Kier molecular flexibility index (Phi) is 42.3. The van der Waals surface area contributed by atoms with Crippen LogP contribution in [0.2, 0.25) is 0 Å². The maximum atomic E-state index is 6.31. The van der Waals surface area contributed by atoms with Crippen LogP contribution in [0.15, 0.2) is 48.6 Å². The third-order valence-corrected chi connectivity index (χ3v) is 11.3. The fourth-order valence-electron chi connectivity index (χ4n) is 5.29. The average Bonchev–Trinajstić information content (AvgIpc) is 3.10. The summed E-state index contributed by atoms with van der Waals surface area (Å²) in [6.45, 7) is 10.4. The molecule has 0 fully saturated rings. The van der Waals surface area contributed by atoms with Gasteiger partial charge in [-0.1, -0.05) is 162 Å². The minimum Gasteiger partial charge on any atom is -0.379 e. The lowest BCUT2D eigenvalue weighted by Crippen LogP contribution is -2.23. The first-order valence-corrected chi connectivity index (χ1v) is 22.9. The third kappa shape index (κ3) is 40.0. The van der Waals surface area contributed by atoms with Gasteiger partial charge in [-0.15, -0.1) is 0 Å². The standard InChI is InChI=1S/C43H81NO2S2/c1-5-7-8-9-10-11-12-13-14-15-19-22-25-28-31-34-38-46-43(41-48-47-39-36-44-4)40-45-37-33-30-27-24-21-18-16-17-20-23-26-29-32-35-42(3)6-2/h10-11,13-14,17,20,26,29,42-44H,5-9,12,15-16,18-19,21-25,27-28,30-41H2,1-4H3/b11-10-,14-13-,20-17-,29-26-. The van der Waals surface area contributed by atoms with Crippen molar-refractivity contribution in [2.45, 2.75) is 175 Å². The van der Waals surface area contributed by atoms with E-state index in [0.717, 1.165) is 56.6 Å². The van der Waals surface area contributed by atoms with Crippen molar-refractivity contribution in [1.29, 1.82) is 0 Å². The summed E-state index contributed by atoms with van der Waals surface area (Å²) in [5.41, 5.74) is 0. The monoisotopic (exact) mass is 708 g/mol. The van der Waals surface area contributed by atoms with Crippen molar-refractivity contribution in [2.24, 2.45) is 5.92 Å². The Morgan fingerprint density at radius 2 is 1.10 bits per heavy atom. The van der Waals surface area contributed by atoms with E-state index in [1.807, 2.05) is 28.6 Å². The van der Waals surface area contributed by atoms with Gasteiger partial charge in [0.05, 0.1) is 12.7 Å². The number of nitrogens with one attached hydrogen (secondary N) is 1. The van der Waals surface area contributed by atoms with E-state index in [9.17, 15) is 0 Å². The van der Waals surface area contributed by atoms with Crippen molar-refractivity contribution in [3.8, 4) is 0 Å². The molecule has 0 aliphatic rings. The van der Waals surface area contributed by atoms with Gasteiger partial charge in [-0.2, -0.15) is 0 Å². The van der Waals surface area contributed by atoms with Crippen molar-refractivity contribution in [3.05, 3.63) is 48.6 Å². The molecule has 0 bridgehead atoms. The molecule has 0 amide bonds. The fourth-order valence-corrected chi connectivity index (χ4v) is 7.48. The lowest BCUT2D eigenvalue weighted by molar-refractivity contribution is -0.00609. The van der Waals surface area contributed by atoms with E-state index in [4.69, 9.17) is 9.47 Å². The van der Waals surface area contributed by atoms with Crippen molar-refractivity contribution < 1.29 is 9.47 Å². The maximum Gasteiger partial charge on any atom is 0.0906 e. The molecular formula is C43H81NO2S2. The van der Waals surface area contributed by atoms with Gasteiger partial charge in [0, 0.05) is 31.3 Å². The molecule has 0 radical (unpaired) electrons. The molecule has 0 heterocycles. The summed E-state index contributed by atoms with van der Waals surface area (Å²) in [5.74, 6) is 3.00. The molecule has 0 aliphatic carbocycles. The predicted molar refractivity (Wildman–Crippen MR) is 223 cm³/mol. The first-order valence-electron chi connectivity index (χ1n) is 20.4. The van der Waals surface area contributed by atoms with Crippen LogP contribution in [0.5, 0.6) is 0 Å². The minimum absolute atomic E-state index is 0.211. The lowest BCUT2D eigenvalue weighted by Gasteiger charge is -2.18. The molecule has 0 saturated carbocycles. The molecule has 2 atom stereocenters. The quantitative estimate of drug-likeness (QED) is 0.0390. The van der Waals surface area contributed by atoms with Crippen LogP contribution in [0.1, 0.15) is 168 Å². The molecule has 0 saturated heterocycles. The number of allylic oxidation sites excluding steroid dienone is 8. The van der Waals surface area contributed by atoms with Gasteiger partial charge >= 0.3 is 0 Å². The zero-order chi connectivity index (χ0) is 34.9. The Balaban J connectivity index is 3.79. The molecular weight excluding hydrogens is 627 g/mol. The fraction of sp³-hybridized carbons (Fsp3) is 0.814. The Morgan fingerprint density at radius 3 is 1.67 bits per heavy atom. The second-order valence-corrected chi connectivity index (χ2v) is 16.2. The third-order valence-electron chi connectivity index (χ3n) is 8.81. The average molecular weight is 708 g/mol. The van der Waals surface area contributed by atoms with Gasteiger partial charge in [-0.3, -0.25) is 0 Å². The molecule has 48 heavy (non-hydrogen) atoms. The predicted octanol–water partition coefficient (Wildman–Crippen LogP) is 13.9. The van der Waals surface area contributed by atoms with Gasteiger partial charge in [0.1, 0.15) is 0 Å². The summed E-state index contributed by atoms with van der Waals surface area (Å²) in [4.78, 5) is 0. The van der Waals surface area contributed by atoms with Gasteiger partial charge in [-0.25, -0.2) is 0 Å². The molecule has 5 heteroatoms. The number of hydrogen-bond donors (Lipinski definition) is 1. The van der Waals surface area contributed by atoms with Crippen LogP contribution in [-0.2, 0) is 9.47 Å². The highest BCUT2D eigenvalue weighted by atomic mass is 33.1. The summed E-state index contributed by atoms with van der Waals surface area (Å²) < 4.78 is 12.4. The van der Waals surface area contributed by atoms with Crippen molar-refractivity contribution in [2.75, 3.05) is 44.9 Å². The number of unbranched alkanes of at least 4 members (excludes halogenated alkanes) is 15. The molecule has 1 N–H and O–H groups in total. The Hall–Kier alpha value is -0.460.